The van der Waals surface area contributed by atoms with Crippen molar-refractivity contribution < 1.29 is 18.7 Å². The van der Waals surface area contributed by atoms with E-state index in [-0.39, 0.29) is 11.6 Å². The van der Waals surface area contributed by atoms with Crippen molar-refractivity contribution in [3.8, 4) is 0 Å². The Balaban J connectivity index is 2.32. The number of amides is 1. The molecule has 0 aliphatic heterocycles. The minimum Gasteiger partial charge on any atom is -0.467 e. The first-order chi connectivity index (χ1) is 11.0. The Morgan fingerprint density at radius 1 is 1.30 bits per heavy atom. The monoisotopic (exact) mass is 336 g/mol. The molecule has 1 aromatic heterocycles. The molecule has 122 valence electrons. The van der Waals surface area contributed by atoms with Crippen molar-refractivity contribution in [3.05, 3.63) is 52.7 Å². The minimum atomic E-state index is -1.03. The molecular formula is C16H17ClN2O4. The molecule has 1 aromatic carbocycles. The highest BCUT2D eigenvalue weighted by molar-refractivity contribution is 6.31. The largest absolute Gasteiger partial charge is 0.467 e. The zero-order valence-electron chi connectivity index (χ0n) is 13.0. The van der Waals surface area contributed by atoms with E-state index in [0.717, 1.165) is 0 Å². The lowest BCUT2D eigenvalue weighted by Gasteiger charge is -2.17. The number of carbonyl (C=O) groups is 2. The van der Waals surface area contributed by atoms with E-state index in [0.29, 0.717) is 16.3 Å². The van der Waals surface area contributed by atoms with E-state index in [4.69, 9.17) is 20.8 Å². The van der Waals surface area contributed by atoms with Crippen LogP contribution in [-0.2, 0) is 9.53 Å². The Morgan fingerprint density at radius 3 is 2.61 bits per heavy atom. The molecule has 1 atom stereocenters. The maximum atomic E-state index is 12.5. The summed E-state index contributed by atoms with van der Waals surface area (Å²) >= 11 is 6.12. The number of rotatable bonds is 5. The summed E-state index contributed by atoms with van der Waals surface area (Å²) in [5.74, 6) is -0.723. The Hall–Kier alpha value is -2.34. The van der Waals surface area contributed by atoms with Gasteiger partial charge in [-0.05, 0) is 6.07 Å². The first kappa shape index (κ1) is 17.0. The summed E-state index contributed by atoms with van der Waals surface area (Å²) in [6, 6.07) is 5.71. The Bertz CT molecular complexity index is 712. The molecule has 2 aromatic rings. The number of nitrogens with zero attached hydrogens (tertiary/aromatic N) is 1. The normalized spacial score (nSPS) is 12.0. The van der Waals surface area contributed by atoms with E-state index < -0.39 is 17.9 Å². The van der Waals surface area contributed by atoms with Gasteiger partial charge in [-0.2, -0.15) is 0 Å². The number of nitrogens with one attached hydrogen (secondary N) is 1. The van der Waals surface area contributed by atoms with Gasteiger partial charge in [0.2, 0.25) is 0 Å². The van der Waals surface area contributed by atoms with Crippen LogP contribution in [0.4, 0.5) is 0 Å². The van der Waals surface area contributed by atoms with E-state index in [9.17, 15) is 9.59 Å². The highest BCUT2D eigenvalue weighted by Crippen LogP contribution is 2.25. The minimum absolute atomic E-state index is 0.0184. The molecule has 0 bridgehead atoms. The fourth-order valence-corrected chi connectivity index (χ4v) is 2.37. The third-order valence-electron chi connectivity index (χ3n) is 3.26. The molecule has 0 radical (unpaired) electrons. The summed E-state index contributed by atoms with van der Waals surface area (Å²) in [4.78, 5) is 28.4. The van der Waals surface area contributed by atoms with Crippen molar-refractivity contribution >= 4 is 23.5 Å². The van der Waals surface area contributed by atoms with Gasteiger partial charge in [0.15, 0.2) is 18.1 Å². The van der Waals surface area contributed by atoms with Gasteiger partial charge in [0.1, 0.15) is 5.76 Å². The summed E-state index contributed by atoms with van der Waals surface area (Å²) in [5.41, 5.74) is 0.588. The molecule has 0 aliphatic rings. The molecule has 0 unspecified atom stereocenters. The molecule has 1 amide bonds. The second-order valence-electron chi connectivity index (χ2n) is 5.17. The van der Waals surface area contributed by atoms with E-state index in [1.807, 2.05) is 13.8 Å². The van der Waals surface area contributed by atoms with Gasteiger partial charge in [0.05, 0.1) is 7.11 Å². The molecule has 0 saturated carbocycles. The molecule has 7 heteroatoms. The number of oxazole rings is 1. The predicted molar refractivity (Wildman–Crippen MR) is 84.3 cm³/mol. The lowest BCUT2D eigenvalue weighted by molar-refractivity contribution is -0.143. The van der Waals surface area contributed by atoms with E-state index in [1.54, 1.807) is 24.3 Å². The molecule has 0 fully saturated rings. The number of methoxy groups -OCH3 is 1. The van der Waals surface area contributed by atoms with E-state index >= 15 is 0 Å². The second-order valence-corrected chi connectivity index (χ2v) is 5.58. The van der Waals surface area contributed by atoms with Gasteiger partial charge < -0.3 is 14.5 Å². The maximum Gasteiger partial charge on any atom is 0.333 e. The smallest absolute Gasteiger partial charge is 0.333 e. The van der Waals surface area contributed by atoms with Crippen molar-refractivity contribution in [3.63, 3.8) is 0 Å². The standard InChI is InChI=1S/C16H17ClN2O4/c1-9(2)14-13(18-8-23-14)15(20)19-12(16(21)22-3)10-6-4-5-7-11(10)17/h4-9,12H,1-3H3,(H,19,20)/t12-/m0/s1. The average molecular weight is 337 g/mol. The topological polar surface area (TPSA) is 81.4 Å². The average Bonchev–Trinajstić information content (AvgIpc) is 3.02. The van der Waals surface area contributed by atoms with Crippen LogP contribution < -0.4 is 5.32 Å². The molecular weight excluding hydrogens is 320 g/mol. The van der Waals surface area contributed by atoms with Crippen LogP contribution >= 0.6 is 11.6 Å². The number of halogens is 1. The molecule has 0 spiro atoms. The van der Waals surface area contributed by atoms with Gasteiger partial charge in [-0.15, -0.1) is 0 Å². The van der Waals surface area contributed by atoms with Crippen LogP contribution in [0.1, 0.15) is 47.6 Å². The van der Waals surface area contributed by atoms with Crippen LogP contribution in [0.15, 0.2) is 35.1 Å². The Morgan fingerprint density at radius 2 is 2.00 bits per heavy atom. The maximum absolute atomic E-state index is 12.5. The quantitative estimate of drug-likeness (QED) is 0.848. The van der Waals surface area contributed by atoms with Crippen LogP contribution in [0.5, 0.6) is 0 Å². The number of benzene rings is 1. The summed E-state index contributed by atoms with van der Waals surface area (Å²) < 4.78 is 9.99. The lowest BCUT2D eigenvalue weighted by Crippen LogP contribution is -2.35. The SMILES string of the molecule is COC(=O)[C@@H](NC(=O)c1ncoc1C(C)C)c1ccccc1Cl. The first-order valence-electron chi connectivity index (χ1n) is 7.02. The van der Waals surface area contributed by atoms with Crippen molar-refractivity contribution in [2.75, 3.05) is 7.11 Å². The second kappa shape index (κ2) is 7.28. The summed E-state index contributed by atoms with van der Waals surface area (Å²) in [6.07, 6.45) is 1.20. The van der Waals surface area contributed by atoms with Crippen molar-refractivity contribution in [1.29, 1.82) is 0 Å². The molecule has 0 saturated heterocycles. The van der Waals surface area contributed by atoms with Crippen molar-refractivity contribution in [1.82, 2.24) is 10.3 Å². The Kier molecular flexibility index (Phi) is 5.39. The van der Waals surface area contributed by atoms with Crippen LogP contribution in [-0.4, -0.2) is 24.0 Å². The van der Waals surface area contributed by atoms with Gasteiger partial charge in [0, 0.05) is 16.5 Å². The fraction of sp³-hybridized carbons (Fsp3) is 0.312. The van der Waals surface area contributed by atoms with Gasteiger partial charge in [0.25, 0.3) is 5.91 Å². The third-order valence-corrected chi connectivity index (χ3v) is 3.61. The molecule has 0 aliphatic carbocycles. The molecule has 1 heterocycles. The number of carbonyl (C=O) groups excluding carboxylic acids is 2. The van der Waals surface area contributed by atoms with Crippen LogP contribution in [0.3, 0.4) is 0 Å². The van der Waals surface area contributed by atoms with Gasteiger partial charge in [-0.1, -0.05) is 43.6 Å². The summed E-state index contributed by atoms with van der Waals surface area (Å²) in [5, 5.41) is 2.96. The molecule has 23 heavy (non-hydrogen) atoms. The van der Waals surface area contributed by atoms with Crippen LogP contribution in [0, 0.1) is 0 Å². The van der Waals surface area contributed by atoms with Crippen molar-refractivity contribution in [2.45, 2.75) is 25.8 Å². The Labute approximate surface area is 138 Å². The number of ether oxygens (including phenoxy) is 1. The number of esters is 1. The highest BCUT2D eigenvalue weighted by atomic mass is 35.5. The van der Waals surface area contributed by atoms with E-state index in [2.05, 4.69) is 10.3 Å². The number of hydrogen-bond donors (Lipinski definition) is 1. The van der Waals surface area contributed by atoms with Gasteiger partial charge in [-0.25, -0.2) is 9.78 Å². The lowest BCUT2D eigenvalue weighted by atomic mass is 10.1. The molecule has 1 N–H and O–H groups in total. The van der Waals surface area contributed by atoms with Gasteiger partial charge in [-0.3, -0.25) is 4.79 Å². The molecule has 6 nitrogen and oxygen atoms in total. The predicted octanol–water partition coefficient (Wildman–Crippen LogP) is 3.10. The summed E-state index contributed by atoms with van der Waals surface area (Å²) in [6.45, 7) is 3.76. The van der Waals surface area contributed by atoms with Gasteiger partial charge >= 0.3 is 5.97 Å². The van der Waals surface area contributed by atoms with Crippen LogP contribution in [0.25, 0.3) is 0 Å². The van der Waals surface area contributed by atoms with Crippen LogP contribution in [0.2, 0.25) is 5.02 Å². The molecule has 2 rings (SSSR count). The number of aromatic nitrogens is 1. The number of hydrogen-bond acceptors (Lipinski definition) is 5. The summed E-state index contributed by atoms with van der Waals surface area (Å²) in [7, 11) is 1.24. The highest BCUT2D eigenvalue weighted by Gasteiger charge is 2.28. The van der Waals surface area contributed by atoms with Crippen molar-refractivity contribution in [2.24, 2.45) is 0 Å². The van der Waals surface area contributed by atoms with E-state index in [1.165, 1.54) is 13.5 Å². The third kappa shape index (κ3) is 3.71. The zero-order chi connectivity index (χ0) is 17.0. The first-order valence-corrected chi connectivity index (χ1v) is 7.40. The zero-order valence-corrected chi connectivity index (χ0v) is 13.8. The fourth-order valence-electron chi connectivity index (χ4n) is 2.13.